The molecule has 0 saturated carbocycles. The van der Waals surface area contributed by atoms with Gasteiger partial charge in [-0.3, -0.25) is 9.69 Å². The van der Waals surface area contributed by atoms with Crippen molar-refractivity contribution in [2.45, 2.75) is 25.3 Å². The van der Waals surface area contributed by atoms with Crippen LogP contribution in [0.1, 0.15) is 36.4 Å². The molecule has 0 radical (unpaired) electrons. The van der Waals surface area contributed by atoms with E-state index < -0.39 is 0 Å². The van der Waals surface area contributed by atoms with Crippen LogP contribution in [-0.2, 0) is 4.79 Å². The Bertz CT molecular complexity index is 941. The summed E-state index contributed by atoms with van der Waals surface area (Å²) < 4.78 is 11.4. The van der Waals surface area contributed by atoms with Crippen molar-refractivity contribution in [3.05, 3.63) is 65.7 Å². The minimum Gasteiger partial charge on any atom is -0.486 e. The fourth-order valence-electron chi connectivity index (χ4n) is 4.73. The van der Waals surface area contributed by atoms with E-state index in [0.29, 0.717) is 19.8 Å². The molecule has 0 spiro atoms. The maximum Gasteiger partial charge on any atom is 0.237 e. The molecule has 5 rings (SSSR count). The molecule has 1 atom stereocenters. The third-order valence-electron chi connectivity index (χ3n) is 6.32. The van der Waals surface area contributed by atoms with E-state index in [-0.39, 0.29) is 11.9 Å². The van der Waals surface area contributed by atoms with Gasteiger partial charge in [0.2, 0.25) is 5.91 Å². The quantitative estimate of drug-likeness (QED) is 0.775. The lowest BCUT2D eigenvalue weighted by atomic mass is 9.99. The highest BCUT2D eigenvalue weighted by Gasteiger charge is 2.31. The lowest BCUT2D eigenvalue weighted by Crippen LogP contribution is -2.41. The summed E-state index contributed by atoms with van der Waals surface area (Å²) >= 11 is 0. The van der Waals surface area contributed by atoms with Gasteiger partial charge in [-0.2, -0.15) is 0 Å². The summed E-state index contributed by atoms with van der Waals surface area (Å²) in [5.74, 6) is 1.83. The van der Waals surface area contributed by atoms with Crippen molar-refractivity contribution in [1.29, 1.82) is 0 Å². The van der Waals surface area contributed by atoms with E-state index in [2.05, 4.69) is 52.3 Å². The number of fused-ring (bicyclic) bond motifs is 1. The Morgan fingerprint density at radius 3 is 2.63 bits per heavy atom. The maximum atomic E-state index is 13.1. The number of nitrogens with zero attached hydrogens (tertiary/aromatic N) is 2. The zero-order valence-corrected chi connectivity index (χ0v) is 17.3. The van der Waals surface area contributed by atoms with Gasteiger partial charge in [-0.05, 0) is 48.1 Å². The highest BCUT2D eigenvalue weighted by molar-refractivity contribution is 5.79. The molecule has 156 valence electrons. The van der Waals surface area contributed by atoms with Crippen molar-refractivity contribution in [3.63, 3.8) is 0 Å². The number of ether oxygens (including phenoxy) is 2. The molecule has 2 aromatic rings. The molecule has 5 nitrogen and oxygen atoms in total. The van der Waals surface area contributed by atoms with Gasteiger partial charge in [0.15, 0.2) is 11.5 Å². The molecule has 1 fully saturated rings. The lowest BCUT2D eigenvalue weighted by Gasteiger charge is -2.31. The summed E-state index contributed by atoms with van der Waals surface area (Å²) in [5, 5.41) is 0. The van der Waals surface area contributed by atoms with Gasteiger partial charge in [-0.1, -0.05) is 42.5 Å². The van der Waals surface area contributed by atoms with E-state index in [4.69, 9.17) is 9.47 Å². The number of rotatable bonds is 4. The van der Waals surface area contributed by atoms with Crippen molar-refractivity contribution in [1.82, 2.24) is 9.80 Å². The predicted octanol–water partition coefficient (Wildman–Crippen LogP) is 3.91. The third kappa shape index (κ3) is 3.94. The van der Waals surface area contributed by atoms with Crippen LogP contribution in [0.25, 0.3) is 5.57 Å². The average Bonchev–Trinajstić information content (AvgIpc) is 3.30. The van der Waals surface area contributed by atoms with Crippen LogP contribution in [0.2, 0.25) is 0 Å². The van der Waals surface area contributed by atoms with Crippen molar-refractivity contribution >= 4 is 11.5 Å². The van der Waals surface area contributed by atoms with Gasteiger partial charge in [0.25, 0.3) is 0 Å². The first-order chi connectivity index (χ1) is 14.8. The summed E-state index contributed by atoms with van der Waals surface area (Å²) in [6.07, 6.45) is 5.31. The normalized spacial score (nSPS) is 21.4. The smallest absolute Gasteiger partial charge is 0.237 e. The molecule has 0 unspecified atom stereocenters. The lowest BCUT2D eigenvalue weighted by molar-refractivity contribution is -0.133. The van der Waals surface area contributed by atoms with Crippen LogP contribution in [0.3, 0.4) is 0 Å². The average molecular weight is 405 g/mol. The van der Waals surface area contributed by atoms with Gasteiger partial charge in [0, 0.05) is 19.6 Å². The summed E-state index contributed by atoms with van der Waals surface area (Å²) in [5.41, 5.74) is 3.83. The first-order valence-corrected chi connectivity index (χ1v) is 10.9. The Morgan fingerprint density at radius 1 is 1.00 bits per heavy atom. The zero-order valence-electron chi connectivity index (χ0n) is 17.3. The Balaban J connectivity index is 1.23. The summed E-state index contributed by atoms with van der Waals surface area (Å²) in [6, 6.07) is 16.8. The maximum absolute atomic E-state index is 13.1. The van der Waals surface area contributed by atoms with E-state index in [0.717, 1.165) is 56.0 Å². The van der Waals surface area contributed by atoms with Gasteiger partial charge in [-0.15, -0.1) is 0 Å². The van der Waals surface area contributed by atoms with E-state index in [1.54, 1.807) is 0 Å². The molecule has 0 N–H and O–H groups in total. The number of hydrogen-bond donors (Lipinski definition) is 0. The summed E-state index contributed by atoms with van der Waals surface area (Å²) in [6.45, 7) is 4.25. The number of amides is 1. The Kier molecular flexibility index (Phi) is 5.45. The molecule has 0 bridgehead atoms. The topological polar surface area (TPSA) is 42.0 Å². The molecule has 3 aliphatic heterocycles. The van der Waals surface area contributed by atoms with Crippen LogP contribution in [-0.4, -0.2) is 55.1 Å². The Labute approximate surface area is 177 Å². The van der Waals surface area contributed by atoms with Crippen LogP contribution in [0.5, 0.6) is 11.5 Å². The molecule has 1 amide bonds. The zero-order chi connectivity index (χ0) is 20.3. The second-order valence-corrected chi connectivity index (χ2v) is 8.23. The molecule has 1 saturated heterocycles. The minimum atomic E-state index is 0.133. The monoisotopic (exact) mass is 404 g/mol. The second-order valence-electron chi connectivity index (χ2n) is 8.23. The van der Waals surface area contributed by atoms with Crippen LogP contribution in [0.4, 0.5) is 0 Å². The number of carbonyl (C=O) groups excluding carboxylic acids is 1. The highest BCUT2D eigenvalue weighted by atomic mass is 16.6. The van der Waals surface area contributed by atoms with E-state index in [1.807, 2.05) is 12.1 Å². The molecular formula is C25H28N2O3. The predicted molar refractivity (Wildman–Crippen MR) is 117 cm³/mol. The summed E-state index contributed by atoms with van der Waals surface area (Å²) in [7, 11) is 0. The molecular weight excluding hydrogens is 376 g/mol. The van der Waals surface area contributed by atoms with Crippen LogP contribution in [0.15, 0.2) is 54.6 Å². The molecule has 3 aliphatic rings. The molecule has 0 aliphatic carbocycles. The number of carbonyl (C=O) groups is 1. The largest absolute Gasteiger partial charge is 0.486 e. The van der Waals surface area contributed by atoms with Gasteiger partial charge in [-0.25, -0.2) is 0 Å². The van der Waals surface area contributed by atoms with Crippen LogP contribution >= 0.6 is 0 Å². The first kappa shape index (κ1) is 19.2. The Hall–Kier alpha value is -2.79. The van der Waals surface area contributed by atoms with Crippen molar-refractivity contribution in [2.24, 2.45) is 0 Å². The SMILES string of the molecule is O=C(CN1CC=C(c2ccccc2)CC1)N1CCC[C@@H]1c1ccc2c(c1)OCCO2. The fourth-order valence-corrected chi connectivity index (χ4v) is 4.73. The minimum absolute atomic E-state index is 0.133. The number of hydrogen-bond acceptors (Lipinski definition) is 4. The first-order valence-electron chi connectivity index (χ1n) is 10.9. The second kappa shape index (κ2) is 8.52. The highest BCUT2D eigenvalue weighted by Crippen LogP contribution is 2.38. The van der Waals surface area contributed by atoms with Gasteiger partial charge < -0.3 is 14.4 Å². The molecule has 5 heteroatoms. The van der Waals surface area contributed by atoms with Gasteiger partial charge >= 0.3 is 0 Å². The van der Waals surface area contributed by atoms with Crippen molar-refractivity contribution in [3.8, 4) is 11.5 Å². The fraction of sp³-hybridized carbons (Fsp3) is 0.400. The molecule has 3 heterocycles. The van der Waals surface area contributed by atoms with Gasteiger partial charge in [0.1, 0.15) is 13.2 Å². The van der Waals surface area contributed by atoms with E-state index in [9.17, 15) is 4.79 Å². The van der Waals surface area contributed by atoms with Crippen LogP contribution < -0.4 is 9.47 Å². The van der Waals surface area contributed by atoms with E-state index in [1.165, 1.54) is 11.1 Å². The third-order valence-corrected chi connectivity index (χ3v) is 6.32. The van der Waals surface area contributed by atoms with Crippen molar-refractivity contribution < 1.29 is 14.3 Å². The Morgan fingerprint density at radius 2 is 1.83 bits per heavy atom. The van der Waals surface area contributed by atoms with Crippen LogP contribution in [0, 0.1) is 0 Å². The van der Waals surface area contributed by atoms with Crippen molar-refractivity contribution in [2.75, 3.05) is 39.4 Å². The number of likely N-dealkylation sites (tertiary alicyclic amines) is 1. The van der Waals surface area contributed by atoms with E-state index >= 15 is 0 Å². The molecule has 30 heavy (non-hydrogen) atoms. The number of benzene rings is 2. The standard InChI is InChI=1S/C25H28N2O3/c28-25(18-26-13-10-20(11-14-26)19-5-2-1-3-6-19)27-12-4-7-22(27)21-8-9-23-24(17-21)30-16-15-29-23/h1-3,5-6,8-10,17,22H,4,7,11-16,18H2/t22-/m1/s1. The molecule has 0 aromatic heterocycles. The molecule has 2 aromatic carbocycles. The summed E-state index contributed by atoms with van der Waals surface area (Å²) in [4.78, 5) is 17.5. The van der Waals surface area contributed by atoms with Gasteiger partial charge in [0.05, 0.1) is 12.6 Å².